The van der Waals surface area contributed by atoms with E-state index in [0.29, 0.717) is 11.3 Å². The van der Waals surface area contributed by atoms with Crippen LogP contribution in [-0.2, 0) is 4.79 Å². The number of rotatable bonds is 6. The van der Waals surface area contributed by atoms with Crippen LogP contribution in [0.3, 0.4) is 0 Å². The van der Waals surface area contributed by atoms with Crippen LogP contribution in [0.2, 0.25) is 0 Å². The van der Waals surface area contributed by atoms with Gasteiger partial charge in [-0.2, -0.15) is 5.10 Å². The van der Waals surface area contributed by atoms with Gasteiger partial charge in [0.2, 0.25) is 5.91 Å². The highest BCUT2D eigenvalue weighted by Crippen LogP contribution is 2.18. The minimum atomic E-state index is -0.279. The van der Waals surface area contributed by atoms with Crippen molar-refractivity contribution in [2.75, 3.05) is 0 Å². The molecule has 2 aromatic rings. The monoisotopic (exact) mass is 353 g/mol. The van der Waals surface area contributed by atoms with E-state index in [9.17, 15) is 9.59 Å². The Morgan fingerprint density at radius 1 is 1.00 bits per heavy atom. The maximum absolute atomic E-state index is 12.5. The van der Waals surface area contributed by atoms with Gasteiger partial charge >= 0.3 is 0 Å². The van der Waals surface area contributed by atoms with Crippen molar-refractivity contribution in [3.63, 3.8) is 0 Å². The molecular weight excluding hydrogens is 326 g/mol. The zero-order valence-electron chi connectivity index (χ0n) is 16.1. The molecule has 5 nitrogen and oxygen atoms in total. The smallest absolute Gasteiger partial charge is 0.271 e. The van der Waals surface area contributed by atoms with E-state index in [2.05, 4.69) is 10.5 Å². The molecule has 138 valence electrons. The highest BCUT2D eigenvalue weighted by molar-refractivity contribution is 6.07. The molecule has 0 aliphatic carbocycles. The van der Waals surface area contributed by atoms with Crippen molar-refractivity contribution in [1.29, 1.82) is 0 Å². The number of fused-ring (bicyclic) bond motifs is 1. The average Bonchev–Trinajstić information content (AvgIpc) is 2.58. The van der Waals surface area contributed by atoms with Crippen molar-refractivity contribution in [3.8, 4) is 0 Å². The second-order valence-corrected chi connectivity index (χ2v) is 6.98. The van der Waals surface area contributed by atoms with Crippen LogP contribution in [0, 0.1) is 0 Å². The Bertz CT molecular complexity index is 812. The van der Waals surface area contributed by atoms with E-state index >= 15 is 0 Å². The lowest BCUT2D eigenvalue weighted by Crippen LogP contribution is -2.42. The molecule has 0 heterocycles. The molecule has 0 aromatic heterocycles. The minimum Gasteiger partial charge on any atom is -0.338 e. The van der Waals surface area contributed by atoms with Gasteiger partial charge in [-0.1, -0.05) is 36.4 Å². The summed E-state index contributed by atoms with van der Waals surface area (Å²) in [4.78, 5) is 26.8. The van der Waals surface area contributed by atoms with Crippen LogP contribution in [0.4, 0.5) is 0 Å². The molecule has 2 aromatic carbocycles. The molecule has 0 aliphatic rings. The summed E-state index contributed by atoms with van der Waals surface area (Å²) in [7, 11) is 0. The number of amides is 2. The second-order valence-electron chi connectivity index (χ2n) is 6.98. The van der Waals surface area contributed by atoms with Crippen LogP contribution in [-0.4, -0.2) is 34.5 Å². The van der Waals surface area contributed by atoms with E-state index < -0.39 is 0 Å². The third-order valence-corrected chi connectivity index (χ3v) is 4.19. The molecule has 5 heteroatoms. The van der Waals surface area contributed by atoms with E-state index in [0.717, 1.165) is 10.8 Å². The first kappa shape index (κ1) is 19.6. The van der Waals surface area contributed by atoms with Gasteiger partial charge < -0.3 is 4.90 Å². The lowest BCUT2D eigenvalue weighted by molar-refractivity contribution is -0.133. The van der Waals surface area contributed by atoms with E-state index in [1.807, 2.05) is 69.0 Å². The standard InChI is InChI=1S/C21H27N3O2/c1-14(2)24(15(3)4)20(25)13-16(5)22-23-21(26)19-12-8-10-17-9-6-7-11-18(17)19/h6-12,14-15H,13H2,1-5H3,(H,23,26). The Kier molecular flexibility index (Phi) is 6.50. The van der Waals surface area contributed by atoms with Gasteiger partial charge in [-0.3, -0.25) is 9.59 Å². The molecule has 26 heavy (non-hydrogen) atoms. The largest absolute Gasteiger partial charge is 0.338 e. The van der Waals surface area contributed by atoms with Crippen molar-refractivity contribution in [1.82, 2.24) is 10.3 Å². The van der Waals surface area contributed by atoms with Gasteiger partial charge in [0.25, 0.3) is 5.91 Å². The maximum atomic E-state index is 12.5. The normalized spacial score (nSPS) is 11.9. The molecule has 0 radical (unpaired) electrons. The zero-order valence-corrected chi connectivity index (χ0v) is 16.1. The Hall–Kier alpha value is -2.69. The molecule has 0 unspecified atom stereocenters. The number of hydrogen-bond acceptors (Lipinski definition) is 3. The topological polar surface area (TPSA) is 61.8 Å². The Morgan fingerprint density at radius 3 is 2.27 bits per heavy atom. The summed E-state index contributed by atoms with van der Waals surface area (Å²) in [5.41, 5.74) is 3.72. The summed E-state index contributed by atoms with van der Waals surface area (Å²) in [5.74, 6) is -0.270. The first-order valence-corrected chi connectivity index (χ1v) is 8.93. The van der Waals surface area contributed by atoms with Crippen LogP contribution >= 0.6 is 0 Å². The lowest BCUT2D eigenvalue weighted by atomic mass is 10.0. The Morgan fingerprint density at radius 2 is 1.62 bits per heavy atom. The first-order chi connectivity index (χ1) is 12.3. The van der Waals surface area contributed by atoms with Crippen molar-refractivity contribution < 1.29 is 9.59 Å². The number of nitrogens with one attached hydrogen (secondary N) is 1. The molecule has 0 saturated heterocycles. The van der Waals surface area contributed by atoms with Gasteiger partial charge in [0.1, 0.15) is 0 Å². The molecule has 2 rings (SSSR count). The number of carbonyl (C=O) groups excluding carboxylic acids is 2. The lowest BCUT2D eigenvalue weighted by Gasteiger charge is -2.30. The van der Waals surface area contributed by atoms with Gasteiger partial charge in [-0.25, -0.2) is 5.43 Å². The van der Waals surface area contributed by atoms with Crippen molar-refractivity contribution in [3.05, 3.63) is 48.0 Å². The highest BCUT2D eigenvalue weighted by Gasteiger charge is 2.20. The van der Waals surface area contributed by atoms with E-state index in [1.54, 1.807) is 13.0 Å². The first-order valence-electron chi connectivity index (χ1n) is 8.93. The number of nitrogens with zero attached hydrogens (tertiary/aromatic N) is 2. The van der Waals surface area contributed by atoms with Crippen molar-refractivity contribution >= 4 is 28.3 Å². The summed E-state index contributed by atoms with van der Waals surface area (Å²) in [6.45, 7) is 9.72. The number of hydrogen-bond donors (Lipinski definition) is 1. The molecular formula is C21H27N3O2. The summed E-state index contributed by atoms with van der Waals surface area (Å²) in [6.07, 6.45) is 0.187. The molecule has 0 fully saturated rings. The van der Waals surface area contributed by atoms with Crippen molar-refractivity contribution in [2.24, 2.45) is 5.10 Å². The molecule has 0 saturated carbocycles. The Balaban J connectivity index is 2.08. The van der Waals surface area contributed by atoms with E-state index in [-0.39, 0.29) is 30.3 Å². The molecule has 1 N–H and O–H groups in total. The third kappa shape index (κ3) is 4.69. The summed E-state index contributed by atoms with van der Waals surface area (Å²) >= 11 is 0. The van der Waals surface area contributed by atoms with Crippen LogP contribution in [0.15, 0.2) is 47.6 Å². The fourth-order valence-corrected chi connectivity index (χ4v) is 3.15. The van der Waals surface area contributed by atoms with Gasteiger partial charge in [-0.15, -0.1) is 0 Å². The molecule has 0 spiro atoms. The third-order valence-electron chi connectivity index (χ3n) is 4.19. The molecule has 0 aliphatic heterocycles. The minimum absolute atomic E-state index is 0.00987. The summed E-state index contributed by atoms with van der Waals surface area (Å²) in [6, 6.07) is 13.5. The molecule has 0 atom stereocenters. The Labute approximate surface area is 155 Å². The highest BCUT2D eigenvalue weighted by atomic mass is 16.2. The van der Waals surface area contributed by atoms with Crippen molar-refractivity contribution in [2.45, 2.75) is 53.1 Å². The average molecular weight is 353 g/mol. The number of hydrazone groups is 1. The molecule has 2 amide bonds. The zero-order chi connectivity index (χ0) is 19.3. The van der Waals surface area contributed by atoms with Gasteiger partial charge in [0, 0.05) is 23.4 Å². The fourth-order valence-electron chi connectivity index (χ4n) is 3.15. The van der Waals surface area contributed by atoms with Gasteiger partial charge in [0.05, 0.1) is 6.42 Å². The van der Waals surface area contributed by atoms with Crippen LogP contribution < -0.4 is 5.43 Å². The van der Waals surface area contributed by atoms with Crippen LogP contribution in [0.25, 0.3) is 10.8 Å². The maximum Gasteiger partial charge on any atom is 0.271 e. The van der Waals surface area contributed by atoms with E-state index in [1.165, 1.54) is 0 Å². The quantitative estimate of drug-likeness (QED) is 0.631. The predicted octanol–water partition coefficient (Wildman–Crippen LogP) is 3.98. The van der Waals surface area contributed by atoms with E-state index in [4.69, 9.17) is 0 Å². The fraction of sp³-hybridized carbons (Fsp3) is 0.381. The second kappa shape index (κ2) is 8.61. The van der Waals surface area contributed by atoms with Crippen LogP contribution in [0.1, 0.15) is 51.4 Å². The van der Waals surface area contributed by atoms with Gasteiger partial charge in [0.15, 0.2) is 0 Å². The summed E-state index contributed by atoms with van der Waals surface area (Å²) < 4.78 is 0. The predicted molar refractivity (Wildman–Crippen MR) is 106 cm³/mol. The summed E-state index contributed by atoms with van der Waals surface area (Å²) in [5, 5.41) is 6.00. The SMILES string of the molecule is CC(CC(=O)N(C(C)C)C(C)C)=NNC(=O)c1cccc2ccccc12. The van der Waals surface area contributed by atoms with Crippen LogP contribution in [0.5, 0.6) is 0 Å². The number of benzene rings is 2. The molecule has 0 bridgehead atoms. The van der Waals surface area contributed by atoms with Gasteiger partial charge in [-0.05, 0) is 51.5 Å². The number of carbonyl (C=O) groups is 2.